The number of amides is 1. The van der Waals surface area contributed by atoms with Crippen molar-refractivity contribution in [3.05, 3.63) is 16.3 Å². The van der Waals surface area contributed by atoms with Crippen molar-refractivity contribution in [1.29, 1.82) is 0 Å². The molecule has 0 aromatic carbocycles. The molecule has 2 rings (SSSR count). The van der Waals surface area contributed by atoms with Gasteiger partial charge in [-0.1, -0.05) is 19.3 Å². The van der Waals surface area contributed by atoms with Crippen molar-refractivity contribution in [2.75, 3.05) is 12.8 Å². The van der Waals surface area contributed by atoms with E-state index in [1.54, 1.807) is 0 Å². The van der Waals surface area contributed by atoms with Gasteiger partial charge in [-0.05, 0) is 25.2 Å². The molecule has 5 heteroatoms. The molecule has 1 heterocycles. The maximum absolute atomic E-state index is 12.0. The Morgan fingerprint density at radius 2 is 2.22 bits per heavy atom. The minimum atomic E-state index is 0.0410. The number of carbonyl (C=O) groups is 1. The van der Waals surface area contributed by atoms with Crippen LogP contribution in [0.1, 0.15) is 41.8 Å². The summed E-state index contributed by atoms with van der Waals surface area (Å²) in [6, 6.07) is 1.83. The fraction of sp³-hybridized carbons (Fsp3) is 0.615. The summed E-state index contributed by atoms with van der Waals surface area (Å²) < 4.78 is 0.259. The zero-order valence-electron chi connectivity index (χ0n) is 10.6. The van der Waals surface area contributed by atoms with Crippen molar-refractivity contribution in [2.45, 2.75) is 41.7 Å². The highest BCUT2D eigenvalue weighted by molar-refractivity contribution is 8.00. The molecule has 0 unspecified atom stereocenters. The molecule has 2 nitrogen and oxygen atoms in total. The number of thiol groups is 1. The Labute approximate surface area is 122 Å². The Morgan fingerprint density at radius 1 is 1.50 bits per heavy atom. The SMILES string of the molecule is CSC1(CNC(=O)c2cc(S)cs2)CCCCC1. The molecular weight excluding hydrogens is 282 g/mol. The van der Waals surface area contributed by atoms with Gasteiger partial charge in [0.15, 0.2) is 0 Å². The summed E-state index contributed by atoms with van der Waals surface area (Å²) in [5.74, 6) is 0.0410. The molecule has 0 atom stereocenters. The van der Waals surface area contributed by atoms with E-state index in [1.807, 2.05) is 23.2 Å². The Balaban J connectivity index is 1.91. The molecule has 1 aliphatic carbocycles. The first-order valence-corrected chi connectivity index (χ1v) is 8.81. The number of rotatable bonds is 4. The fourth-order valence-corrected chi connectivity index (χ4v) is 4.40. The molecule has 1 saturated carbocycles. The highest BCUT2D eigenvalue weighted by Gasteiger charge is 2.31. The Kier molecular flexibility index (Phi) is 5.04. The van der Waals surface area contributed by atoms with Gasteiger partial charge < -0.3 is 5.32 Å². The summed E-state index contributed by atoms with van der Waals surface area (Å²) in [5, 5.41) is 4.98. The molecule has 1 amide bonds. The van der Waals surface area contributed by atoms with Gasteiger partial charge in [0.25, 0.3) is 5.91 Å². The van der Waals surface area contributed by atoms with E-state index in [2.05, 4.69) is 24.2 Å². The van der Waals surface area contributed by atoms with Crippen LogP contribution in [0.2, 0.25) is 0 Å². The Morgan fingerprint density at radius 3 is 2.78 bits per heavy atom. The third kappa shape index (κ3) is 3.45. The molecule has 1 aromatic heterocycles. The fourth-order valence-electron chi connectivity index (χ4n) is 2.42. The normalized spacial score (nSPS) is 18.6. The van der Waals surface area contributed by atoms with Gasteiger partial charge in [-0.2, -0.15) is 11.8 Å². The maximum Gasteiger partial charge on any atom is 0.261 e. The highest BCUT2D eigenvalue weighted by Crippen LogP contribution is 2.38. The predicted molar refractivity (Wildman–Crippen MR) is 83.2 cm³/mol. The van der Waals surface area contributed by atoms with Crippen LogP contribution in [0.25, 0.3) is 0 Å². The molecule has 18 heavy (non-hydrogen) atoms. The van der Waals surface area contributed by atoms with Crippen molar-refractivity contribution in [3.8, 4) is 0 Å². The average molecular weight is 302 g/mol. The smallest absolute Gasteiger partial charge is 0.261 e. The van der Waals surface area contributed by atoms with E-state index in [4.69, 9.17) is 0 Å². The second kappa shape index (κ2) is 6.35. The zero-order valence-corrected chi connectivity index (χ0v) is 13.1. The largest absolute Gasteiger partial charge is 0.350 e. The van der Waals surface area contributed by atoms with E-state index < -0.39 is 0 Å². The minimum absolute atomic E-state index is 0.0410. The molecule has 1 fully saturated rings. The first-order chi connectivity index (χ1) is 8.65. The predicted octanol–water partition coefficient (Wildman–Crippen LogP) is 3.83. The van der Waals surface area contributed by atoms with Gasteiger partial charge in [-0.3, -0.25) is 4.79 Å². The van der Waals surface area contributed by atoms with Gasteiger partial charge >= 0.3 is 0 Å². The third-order valence-electron chi connectivity index (χ3n) is 3.58. The van der Waals surface area contributed by atoms with Crippen molar-refractivity contribution in [1.82, 2.24) is 5.32 Å². The Hall–Kier alpha value is -0.130. The van der Waals surface area contributed by atoms with Crippen LogP contribution in [-0.4, -0.2) is 23.5 Å². The number of thiophene rings is 1. The first kappa shape index (κ1) is 14.3. The highest BCUT2D eigenvalue weighted by atomic mass is 32.2. The van der Waals surface area contributed by atoms with Gasteiger partial charge in [-0.15, -0.1) is 24.0 Å². The first-order valence-electron chi connectivity index (χ1n) is 6.26. The number of nitrogens with one attached hydrogen (secondary N) is 1. The third-order valence-corrected chi connectivity index (χ3v) is 6.36. The number of hydrogen-bond acceptors (Lipinski definition) is 4. The standard InChI is InChI=1S/C13H19NOS3/c1-17-13(5-3-2-4-6-13)9-14-12(15)11-7-10(16)8-18-11/h7-8,16H,2-6,9H2,1H3,(H,14,15). The Bertz CT molecular complexity index is 410. The van der Waals surface area contributed by atoms with Crippen LogP contribution in [-0.2, 0) is 0 Å². The minimum Gasteiger partial charge on any atom is -0.350 e. The monoisotopic (exact) mass is 301 g/mol. The lowest BCUT2D eigenvalue weighted by Crippen LogP contribution is -2.41. The van der Waals surface area contributed by atoms with E-state index in [0.29, 0.717) is 0 Å². The number of thioether (sulfide) groups is 1. The molecule has 100 valence electrons. The summed E-state index contributed by atoms with van der Waals surface area (Å²) >= 11 is 7.60. The van der Waals surface area contributed by atoms with Gasteiger partial charge in [0.2, 0.25) is 0 Å². The lowest BCUT2D eigenvalue weighted by atomic mass is 9.88. The van der Waals surface area contributed by atoms with E-state index in [1.165, 1.54) is 43.4 Å². The molecule has 1 aliphatic rings. The average Bonchev–Trinajstić information content (AvgIpc) is 2.84. The van der Waals surface area contributed by atoms with Crippen molar-refractivity contribution < 1.29 is 4.79 Å². The van der Waals surface area contributed by atoms with Gasteiger partial charge in [0, 0.05) is 21.6 Å². The second-order valence-electron chi connectivity index (χ2n) is 4.80. The van der Waals surface area contributed by atoms with Gasteiger partial charge in [0.05, 0.1) is 4.88 Å². The molecule has 1 N–H and O–H groups in total. The van der Waals surface area contributed by atoms with Crippen LogP contribution in [0.5, 0.6) is 0 Å². The number of carbonyl (C=O) groups excluding carboxylic acids is 1. The van der Waals surface area contributed by atoms with Crippen molar-refractivity contribution in [2.24, 2.45) is 0 Å². The molecular formula is C13H19NOS3. The zero-order chi connectivity index (χ0) is 13.0. The van der Waals surface area contributed by atoms with E-state index in [9.17, 15) is 4.79 Å². The van der Waals surface area contributed by atoms with Gasteiger partial charge in [0.1, 0.15) is 0 Å². The lowest BCUT2D eigenvalue weighted by Gasteiger charge is -2.35. The van der Waals surface area contributed by atoms with Crippen LogP contribution in [0.4, 0.5) is 0 Å². The van der Waals surface area contributed by atoms with Crippen LogP contribution >= 0.6 is 35.7 Å². The van der Waals surface area contributed by atoms with Crippen molar-refractivity contribution >= 4 is 41.6 Å². The van der Waals surface area contributed by atoms with Crippen LogP contribution in [0, 0.1) is 0 Å². The summed E-state index contributed by atoms with van der Waals surface area (Å²) in [6.07, 6.45) is 8.51. The maximum atomic E-state index is 12.0. The summed E-state index contributed by atoms with van der Waals surface area (Å²) in [6.45, 7) is 0.785. The molecule has 1 aromatic rings. The quantitative estimate of drug-likeness (QED) is 0.828. The summed E-state index contributed by atoms with van der Waals surface area (Å²) in [5.41, 5.74) is 0. The second-order valence-corrected chi connectivity index (χ2v) is 7.50. The summed E-state index contributed by atoms with van der Waals surface area (Å²) in [4.78, 5) is 13.6. The topological polar surface area (TPSA) is 29.1 Å². The molecule has 0 saturated heterocycles. The summed E-state index contributed by atoms with van der Waals surface area (Å²) in [7, 11) is 0. The molecule has 0 spiro atoms. The van der Waals surface area contributed by atoms with Crippen LogP contribution in [0.3, 0.4) is 0 Å². The van der Waals surface area contributed by atoms with Crippen LogP contribution < -0.4 is 5.32 Å². The van der Waals surface area contributed by atoms with Crippen molar-refractivity contribution in [3.63, 3.8) is 0 Å². The molecule has 0 aliphatic heterocycles. The molecule has 0 radical (unpaired) electrons. The number of hydrogen-bond donors (Lipinski definition) is 2. The van der Waals surface area contributed by atoms with E-state index >= 15 is 0 Å². The van der Waals surface area contributed by atoms with E-state index in [0.717, 1.165) is 16.3 Å². The van der Waals surface area contributed by atoms with Crippen LogP contribution in [0.15, 0.2) is 16.3 Å². The van der Waals surface area contributed by atoms with E-state index in [-0.39, 0.29) is 10.7 Å². The molecule has 0 bridgehead atoms. The lowest BCUT2D eigenvalue weighted by molar-refractivity contribution is 0.0951. The van der Waals surface area contributed by atoms with Gasteiger partial charge in [-0.25, -0.2) is 0 Å².